The summed E-state index contributed by atoms with van der Waals surface area (Å²) in [5.41, 5.74) is -0.317. The van der Waals surface area contributed by atoms with Crippen molar-refractivity contribution in [1.82, 2.24) is 13.9 Å². The summed E-state index contributed by atoms with van der Waals surface area (Å²) in [6.07, 6.45) is 9.16. The molecular weight excluding hydrogens is 318 g/mol. The molecule has 0 aromatic carbocycles. The van der Waals surface area contributed by atoms with E-state index in [4.69, 9.17) is 0 Å². The largest absolute Gasteiger partial charge is 0.347 e. The Balaban J connectivity index is 1.87. The summed E-state index contributed by atoms with van der Waals surface area (Å²) in [5, 5.41) is 0. The molecule has 0 saturated carbocycles. The van der Waals surface area contributed by atoms with E-state index in [-0.39, 0.29) is 33.0 Å². The Bertz CT molecular complexity index is 727. The van der Waals surface area contributed by atoms with Crippen molar-refractivity contribution in [1.29, 1.82) is 0 Å². The lowest BCUT2D eigenvalue weighted by molar-refractivity contribution is 0.144. The number of nitrogens with zero attached hydrogens (tertiary/aromatic N) is 3. The van der Waals surface area contributed by atoms with Crippen molar-refractivity contribution < 1.29 is 0 Å². The number of rotatable bonds is 0. The third-order valence-electron chi connectivity index (χ3n) is 5.98. The van der Waals surface area contributed by atoms with E-state index in [1.807, 2.05) is 0 Å². The van der Waals surface area contributed by atoms with E-state index >= 15 is 0 Å². The van der Waals surface area contributed by atoms with Crippen LogP contribution in [0.5, 0.6) is 0 Å². The average molecular weight is 337 g/mol. The van der Waals surface area contributed by atoms with Crippen molar-refractivity contribution in [3.8, 4) is 0 Å². The van der Waals surface area contributed by atoms with Gasteiger partial charge in [0.25, 0.3) is 0 Å². The van der Waals surface area contributed by atoms with E-state index in [1.54, 1.807) is 16.4 Å². The minimum Gasteiger partial charge on any atom is -0.246 e. The number of aromatic nitrogens is 3. The van der Waals surface area contributed by atoms with Gasteiger partial charge in [-0.15, -0.1) is 0 Å². The van der Waals surface area contributed by atoms with Gasteiger partial charge in [0, 0.05) is 7.05 Å². The maximum Gasteiger partial charge on any atom is 0.347 e. The van der Waals surface area contributed by atoms with Crippen LogP contribution in [0, 0.1) is 0 Å². The molecular formula is C15H19N3O2S2. The predicted octanol–water partition coefficient (Wildman–Crippen LogP) is 1.55. The van der Waals surface area contributed by atoms with Crippen LogP contribution in [-0.2, 0) is 7.05 Å². The van der Waals surface area contributed by atoms with Gasteiger partial charge >= 0.3 is 11.4 Å². The van der Waals surface area contributed by atoms with E-state index in [1.165, 1.54) is 28.9 Å². The molecule has 0 amide bonds. The molecule has 4 unspecified atom stereocenters. The van der Waals surface area contributed by atoms with Gasteiger partial charge in [0.1, 0.15) is 0 Å². The molecule has 118 valence electrons. The molecule has 1 aromatic rings. The summed E-state index contributed by atoms with van der Waals surface area (Å²) < 4.78 is 4.97. The van der Waals surface area contributed by atoms with Crippen molar-refractivity contribution in [3.63, 3.8) is 0 Å². The Morgan fingerprint density at radius 1 is 0.955 bits per heavy atom. The predicted molar refractivity (Wildman–Crippen MR) is 90.0 cm³/mol. The van der Waals surface area contributed by atoms with Crippen LogP contribution in [-0.4, -0.2) is 34.9 Å². The van der Waals surface area contributed by atoms with E-state index in [2.05, 4.69) is 35.7 Å². The van der Waals surface area contributed by atoms with E-state index < -0.39 is 0 Å². The summed E-state index contributed by atoms with van der Waals surface area (Å²) in [6.45, 7) is 0. The number of hydrogen-bond donors (Lipinski definition) is 0. The van der Waals surface area contributed by atoms with Crippen LogP contribution in [0.25, 0.3) is 0 Å². The average Bonchev–Trinajstić information content (AvgIpc) is 3.23. The maximum absolute atomic E-state index is 12.6. The standard InChI is InChI=1S/C15H19N3O2S2/c1-16-12(19)17-10-4-5-11(18(17)13(16)20)15(7-3-9-22-15)14(10)6-2-8-21-14/h4-5,10-11H,2-3,6-9H2,1H3. The molecule has 2 saturated heterocycles. The Kier molecular flexibility index (Phi) is 2.58. The molecule has 1 aromatic heterocycles. The summed E-state index contributed by atoms with van der Waals surface area (Å²) >= 11 is 4.11. The van der Waals surface area contributed by atoms with Crippen molar-refractivity contribution >= 4 is 23.5 Å². The van der Waals surface area contributed by atoms with Gasteiger partial charge in [0.05, 0.1) is 21.6 Å². The van der Waals surface area contributed by atoms with Crippen LogP contribution in [0.4, 0.5) is 0 Å². The number of allylic oxidation sites excluding steroid dienone is 2. The highest BCUT2D eigenvalue weighted by molar-refractivity contribution is 8.05. The molecule has 4 atom stereocenters. The normalized spacial score (nSPS) is 41.9. The van der Waals surface area contributed by atoms with Crippen LogP contribution < -0.4 is 11.4 Å². The molecule has 2 bridgehead atoms. The molecule has 2 fully saturated rings. The second kappa shape index (κ2) is 4.17. The van der Waals surface area contributed by atoms with Gasteiger partial charge in [0.2, 0.25) is 0 Å². The van der Waals surface area contributed by atoms with Gasteiger partial charge in [-0.05, 0) is 37.2 Å². The van der Waals surface area contributed by atoms with Gasteiger partial charge in [-0.25, -0.2) is 23.5 Å². The molecule has 22 heavy (non-hydrogen) atoms. The summed E-state index contributed by atoms with van der Waals surface area (Å²) in [7, 11) is 1.60. The highest BCUT2D eigenvalue weighted by Crippen LogP contribution is 2.68. The molecule has 6 rings (SSSR count). The minimum atomic E-state index is -0.158. The zero-order chi connectivity index (χ0) is 15.1. The van der Waals surface area contributed by atoms with Crippen LogP contribution in [0.1, 0.15) is 37.8 Å². The smallest absolute Gasteiger partial charge is 0.246 e. The highest BCUT2D eigenvalue weighted by atomic mass is 32.2. The lowest BCUT2D eigenvalue weighted by Gasteiger charge is -2.58. The second-order valence-electron chi connectivity index (χ2n) is 6.77. The lowest BCUT2D eigenvalue weighted by atomic mass is 9.70. The Morgan fingerprint density at radius 3 is 1.77 bits per heavy atom. The van der Waals surface area contributed by atoms with Crippen molar-refractivity contribution in [2.45, 2.75) is 47.3 Å². The first-order valence-electron chi connectivity index (χ1n) is 7.99. The quantitative estimate of drug-likeness (QED) is 0.674. The second-order valence-corrected chi connectivity index (χ2v) is 9.62. The molecule has 5 heterocycles. The first-order valence-corrected chi connectivity index (χ1v) is 9.96. The fourth-order valence-electron chi connectivity index (χ4n) is 5.12. The van der Waals surface area contributed by atoms with Crippen LogP contribution >= 0.6 is 23.5 Å². The molecule has 2 spiro atoms. The van der Waals surface area contributed by atoms with Gasteiger partial charge in [-0.3, -0.25) is 0 Å². The SMILES string of the molecule is Cn1c(=O)n2n(c1=O)C1C=CC2C2(CCCS2)C12CCCS2. The molecule has 5 aliphatic rings. The van der Waals surface area contributed by atoms with Crippen molar-refractivity contribution in [2.24, 2.45) is 7.05 Å². The molecule has 5 nitrogen and oxygen atoms in total. The fourth-order valence-corrected chi connectivity index (χ4v) is 8.99. The van der Waals surface area contributed by atoms with Crippen molar-refractivity contribution in [2.75, 3.05) is 11.5 Å². The Hall–Kier alpha value is -0.820. The topological polar surface area (TPSA) is 48.9 Å². The minimum absolute atomic E-state index is 0.0250. The van der Waals surface area contributed by atoms with Crippen LogP contribution in [0.3, 0.4) is 0 Å². The molecule has 1 aliphatic carbocycles. The van der Waals surface area contributed by atoms with Crippen molar-refractivity contribution in [3.05, 3.63) is 33.1 Å². The fraction of sp³-hybridized carbons (Fsp3) is 0.733. The zero-order valence-corrected chi connectivity index (χ0v) is 14.2. The molecule has 4 aliphatic heterocycles. The Labute approximate surface area is 136 Å². The first kappa shape index (κ1) is 13.6. The third-order valence-corrected chi connectivity index (χ3v) is 9.74. The monoisotopic (exact) mass is 337 g/mol. The summed E-state index contributed by atoms with van der Waals surface area (Å²) in [4.78, 5) is 25.2. The van der Waals surface area contributed by atoms with E-state index in [9.17, 15) is 9.59 Å². The first-order chi connectivity index (χ1) is 10.6. The highest BCUT2D eigenvalue weighted by Gasteiger charge is 2.67. The van der Waals surface area contributed by atoms with Gasteiger partial charge in [0.15, 0.2) is 0 Å². The van der Waals surface area contributed by atoms with Gasteiger partial charge in [-0.2, -0.15) is 23.5 Å². The van der Waals surface area contributed by atoms with Gasteiger partial charge in [-0.1, -0.05) is 12.2 Å². The molecule has 0 N–H and O–H groups in total. The number of hydrogen-bond acceptors (Lipinski definition) is 4. The van der Waals surface area contributed by atoms with E-state index in [0.29, 0.717) is 0 Å². The maximum atomic E-state index is 12.6. The van der Waals surface area contributed by atoms with Gasteiger partial charge < -0.3 is 0 Å². The Morgan fingerprint density at radius 2 is 1.41 bits per heavy atom. The number of thioether (sulfide) groups is 2. The van der Waals surface area contributed by atoms with Crippen LogP contribution in [0.15, 0.2) is 21.7 Å². The lowest BCUT2D eigenvalue weighted by Crippen LogP contribution is -2.65. The van der Waals surface area contributed by atoms with Crippen LogP contribution in [0.2, 0.25) is 0 Å². The molecule has 7 heteroatoms. The summed E-state index contributed by atoms with van der Waals surface area (Å²) in [6, 6.07) is 0.0500. The third kappa shape index (κ3) is 1.25. The van der Waals surface area contributed by atoms with E-state index in [0.717, 1.165) is 12.8 Å². The summed E-state index contributed by atoms with van der Waals surface area (Å²) in [5.74, 6) is 2.34. The zero-order valence-electron chi connectivity index (χ0n) is 12.5. The molecule has 0 radical (unpaired) electrons.